The molecule has 0 bridgehead atoms. The third-order valence-corrected chi connectivity index (χ3v) is 2.77. The van der Waals surface area contributed by atoms with E-state index in [0.717, 1.165) is 11.3 Å². The largest absolute Gasteiger partial charge is 0.507 e. The molecular weight excluding hydrogens is 216 g/mol. The van der Waals surface area contributed by atoms with Crippen LogP contribution in [0.1, 0.15) is 0 Å². The zero-order chi connectivity index (χ0) is 12.6. The van der Waals surface area contributed by atoms with E-state index in [1.165, 1.54) is 0 Å². The highest BCUT2D eigenvalue weighted by molar-refractivity contribution is 5.80. The molecule has 0 amide bonds. The Hall–Kier alpha value is -2.17. The molecular formula is C12H16N4O. The summed E-state index contributed by atoms with van der Waals surface area (Å²) in [6.07, 6.45) is 1.66. The van der Waals surface area contributed by atoms with Gasteiger partial charge in [0.15, 0.2) is 0 Å². The molecule has 1 aromatic heterocycles. The monoisotopic (exact) mass is 232 g/mol. The van der Waals surface area contributed by atoms with Crippen LogP contribution in [-0.2, 0) is 7.05 Å². The van der Waals surface area contributed by atoms with E-state index in [0.29, 0.717) is 11.4 Å². The van der Waals surface area contributed by atoms with Crippen molar-refractivity contribution in [2.45, 2.75) is 0 Å². The third kappa shape index (κ3) is 1.91. The zero-order valence-corrected chi connectivity index (χ0v) is 10.2. The summed E-state index contributed by atoms with van der Waals surface area (Å²) in [5, 5.41) is 14.0. The highest BCUT2D eigenvalue weighted by Crippen LogP contribution is 2.35. The van der Waals surface area contributed by atoms with Crippen LogP contribution in [0.25, 0.3) is 11.1 Å². The summed E-state index contributed by atoms with van der Waals surface area (Å²) in [6.45, 7) is 0. The standard InChI is InChI=1S/C12H16N4O/c1-15(2)8-4-5-11(17)9(6-8)10-7-14-16(3)12(10)13/h4-7,17H,13H2,1-3H3. The van der Waals surface area contributed by atoms with Gasteiger partial charge in [0.1, 0.15) is 11.6 Å². The third-order valence-electron chi connectivity index (χ3n) is 2.77. The number of nitrogen functional groups attached to an aromatic ring is 1. The fourth-order valence-corrected chi connectivity index (χ4v) is 1.67. The van der Waals surface area contributed by atoms with Gasteiger partial charge in [-0.15, -0.1) is 0 Å². The van der Waals surface area contributed by atoms with Gasteiger partial charge in [0.25, 0.3) is 0 Å². The Kier molecular flexibility index (Phi) is 2.67. The minimum atomic E-state index is 0.204. The summed E-state index contributed by atoms with van der Waals surface area (Å²) in [7, 11) is 5.66. The van der Waals surface area contributed by atoms with Crippen LogP contribution in [0.2, 0.25) is 0 Å². The van der Waals surface area contributed by atoms with Gasteiger partial charge in [0.2, 0.25) is 0 Å². The van der Waals surface area contributed by atoms with E-state index in [4.69, 9.17) is 5.73 Å². The second-order valence-electron chi connectivity index (χ2n) is 4.16. The lowest BCUT2D eigenvalue weighted by Crippen LogP contribution is -2.08. The molecule has 0 aliphatic rings. The van der Waals surface area contributed by atoms with Crippen LogP contribution >= 0.6 is 0 Å². The van der Waals surface area contributed by atoms with E-state index in [9.17, 15) is 5.11 Å². The number of hydrogen-bond donors (Lipinski definition) is 2. The second-order valence-corrected chi connectivity index (χ2v) is 4.16. The van der Waals surface area contributed by atoms with Crippen LogP contribution in [0.15, 0.2) is 24.4 Å². The predicted octanol–water partition coefficient (Wildman–Crippen LogP) is 1.44. The zero-order valence-electron chi connectivity index (χ0n) is 10.2. The maximum Gasteiger partial charge on any atom is 0.129 e. The van der Waals surface area contributed by atoms with Gasteiger partial charge in [-0.25, -0.2) is 0 Å². The van der Waals surface area contributed by atoms with Crippen molar-refractivity contribution in [2.75, 3.05) is 24.7 Å². The molecule has 5 heteroatoms. The van der Waals surface area contributed by atoms with Gasteiger partial charge in [-0.3, -0.25) is 4.68 Å². The number of hydrogen-bond acceptors (Lipinski definition) is 4. The molecule has 0 saturated carbocycles. The summed E-state index contributed by atoms with van der Waals surface area (Å²) in [5.41, 5.74) is 8.35. The first-order chi connectivity index (χ1) is 8.00. The Morgan fingerprint density at radius 3 is 2.53 bits per heavy atom. The lowest BCUT2D eigenvalue weighted by molar-refractivity contribution is 0.477. The Balaban J connectivity index is 2.58. The van der Waals surface area contributed by atoms with Crippen molar-refractivity contribution in [1.82, 2.24) is 9.78 Å². The number of phenolic OH excluding ortho intramolecular Hbond substituents is 1. The SMILES string of the molecule is CN(C)c1ccc(O)c(-c2cnn(C)c2N)c1. The number of aromatic nitrogens is 2. The number of anilines is 2. The molecule has 0 aliphatic carbocycles. The molecule has 0 radical (unpaired) electrons. The minimum Gasteiger partial charge on any atom is -0.507 e. The van der Waals surface area contributed by atoms with Crippen molar-refractivity contribution in [3.05, 3.63) is 24.4 Å². The first-order valence-electron chi connectivity index (χ1n) is 5.29. The van der Waals surface area contributed by atoms with E-state index >= 15 is 0 Å². The van der Waals surface area contributed by atoms with Crippen molar-refractivity contribution < 1.29 is 5.11 Å². The van der Waals surface area contributed by atoms with Gasteiger partial charge in [-0.2, -0.15) is 5.10 Å². The highest BCUT2D eigenvalue weighted by Gasteiger charge is 2.12. The molecule has 0 unspecified atom stereocenters. The summed E-state index contributed by atoms with van der Waals surface area (Å²) >= 11 is 0. The molecule has 0 spiro atoms. The van der Waals surface area contributed by atoms with Gasteiger partial charge in [-0.05, 0) is 18.2 Å². The number of aryl methyl sites for hydroxylation is 1. The molecule has 5 nitrogen and oxygen atoms in total. The number of benzene rings is 1. The van der Waals surface area contributed by atoms with Crippen LogP contribution in [0, 0.1) is 0 Å². The van der Waals surface area contributed by atoms with Crippen molar-refractivity contribution in [3.8, 4) is 16.9 Å². The summed E-state index contributed by atoms with van der Waals surface area (Å²) < 4.78 is 1.58. The molecule has 90 valence electrons. The number of aromatic hydroxyl groups is 1. The Labute approximate surface area is 100 Å². The first-order valence-corrected chi connectivity index (χ1v) is 5.29. The molecule has 1 aromatic carbocycles. The van der Waals surface area contributed by atoms with E-state index < -0.39 is 0 Å². The normalized spacial score (nSPS) is 10.5. The van der Waals surface area contributed by atoms with Gasteiger partial charge >= 0.3 is 0 Å². The highest BCUT2D eigenvalue weighted by atomic mass is 16.3. The fourth-order valence-electron chi connectivity index (χ4n) is 1.67. The number of nitrogens with two attached hydrogens (primary N) is 1. The lowest BCUT2D eigenvalue weighted by atomic mass is 10.1. The van der Waals surface area contributed by atoms with E-state index in [1.54, 1.807) is 24.0 Å². The Morgan fingerprint density at radius 2 is 2.00 bits per heavy atom. The molecule has 17 heavy (non-hydrogen) atoms. The van der Waals surface area contributed by atoms with Crippen molar-refractivity contribution in [2.24, 2.45) is 7.05 Å². The van der Waals surface area contributed by atoms with Crippen LogP contribution < -0.4 is 10.6 Å². The average molecular weight is 232 g/mol. The van der Waals surface area contributed by atoms with Crippen molar-refractivity contribution >= 4 is 11.5 Å². The molecule has 1 heterocycles. The number of nitrogens with zero attached hydrogens (tertiary/aromatic N) is 3. The summed E-state index contributed by atoms with van der Waals surface area (Å²) in [6, 6.07) is 5.41. The quantitative estimate of drug-likeness (QED) is 0.822. The predicted molar refractivity (Wildman–Crippen MR) is 69.0 cm³/mol. The topological polar surface area (TPSA) is 67.3 Å². The Bertz CT molecular complexity index is 545. The van der Waals surface area contributed by atoms with E-state index in [1.807, 2.05) is 31.1 Å². The summed E-state index contributed by atoms with van der Waals surface area (Å²) in [4.78, 5) is 1.97. The molecule has 3 N–H and O–H groups in total. The van der Waals surface area contributed by atoms with Crippen LogP contribution in [0.4, 0.5) is 11.5 Å². The van der Waals surface area contributed by atoms with Crippen LogP contribution in [-0.4, -0.2) is 29.0 Å². The minimum absolute atomic E-state index is 0.204. The lowest BCUT2D eigenvalue weighted by Gasteiger charge is -2.14. The Morgan fingerprint density at radius 1 is 1.29 bits per heavy atom. The number of phenols is 1. The molecule has 2 aromatic rings. The van der Waals surface area contributed by atoms with Gasteiger partial charge in [-0.1, -0.05) is 0 Å². The molecule has 0 saturated heterocycles. The smallest absolute Gasteiger partial charge is 0.129 e. The molecule has 0 atom stereocenters. The van der Waals surface area contributed by atoms with E-state index in [-0.39, 0.29) is 5.75 Å². The summed E-state index contributed by atoms with van der Waals surface area (Å²) in [5.74, 6) is 0.742. The fraction of sp³-hybridized carbons (Fsp3) is 0.250. The average Bonchev–Trinajstić information content (AvgIpc) is 2.60. The molecule has 0 aliphatic heterocycles. The van der Waals surface area contributed by atoms with E-state index in [2.05, 4.69) is 5.10 Å². The first kappa shape index (κ1) is 11.3. The van der Waals surface area contributed by atoms with Crippen LogP contribution in [0.5, 0.6) is 5.75 Å². The van der Waals surface area contributed by atoms with Gasteiger partial charge < -0.3 is 15.7 Å². The van der Waals surface area contributed by atoms with Crippen molar-refractivity contribution in [3.63, 3.8) is 0 Å². The van der Waals surface area contributed by atoms with Gasteiger partial charge in [0.05, 0.1) is 6.20 Å². The second kappa shape index (κ2) is 4.01. The van der Waals surface area contributed by atoms with Crippen LogP contribution in [0.3, 0.4) is 0 Å². The van der Waals surface area contributed by atoms with Gasteiger partial charge in [0, 0.05) is 38.0 Å². The maximum absolute atomic E-state index is 9.89. The van der Waals surface area contributed by atoms with Crippen molar-refractivity contribution in [1.29, 1.82) is 0 Å². The maximum atomic E-state index is 9.89. The molecule has 2 rings (SSSR count). The number of rotatable bonds is 2. The molecule has 0 fully saturated rings.